The second-order valence-electron chi connectivity index (χ2n) is 6.89. The van der Waals surface area contributed by atoms with E-state index in [4.69, 9.17) is 4.74 Å². The summed E-state index contributed by atoms with van der Waals surface area (Å²) in [6.45, 7) is 4.76. The zero-order valence-corrected chi connectivity index (χ0v) is 14.1. The number of hydrogen-bond acceptors (Lipinski definition) is 3. The molecule has 3 heterocycles. The lowest BCUT2D eigenvalue weighted by Crippen LogP contribution is -2.35. The molecule has 1 aromatic heterocycles. The standard InChI is InChI=1S/C19H24N2O2/c1-4-23-18(22)11-21-15-7-5-12(2)9-14(15)19-16-8-6-13(20(16)3)10-17(19)21/h5,7,9,13,16H,4,6,8,10-11H2,1-3H3. The lowest BCUT2D eigenvalue weighted by atomic mass is 9.97. The molecule has 0 amide bonds. The molecule has 0 aliphatic carbocycles. The minimum absolute atomic E-state index is 0.140. The van der Waals surface area contributed by atoms with Crippen LogP contribution in [-0.4, -0.2) is 35.1 Å². The summed E-state index contributed by atoms with van der Waals surface area (Å²) in [4.78, 5) is 14.6. The molecule has 2 aliphatic heterocycles. The smallest absolute Gasteiger partial charge is 0.325 e. The Labute approximate surface area is 137 Å². The van der Waals surface area contributed by atoms with E-state index in [9.17, 15) is 4.79 Å². The van der Waals surface area contributed by atoms with Gasteiger partial charge in [-0.05, 0) is 51.4 Å². The molecule has 1 fully saturated rings. The average molecular weight is 312 g/mol. The van der Waals surface area contributed by atoms with Crippen molar-refractivity contribution >= 4 is 16.9 Å². The van der Waals surface area contributed by atoms with Gasteiger partial charge in [0, 0.05) is 35.1 Å². The molecular formula is C19H24N2O2. The van der Waals surface area contributed by atoms with E-state index in [-0.39, 0.29) is 5.97 Å². The first-order valence-electron chi connectivity index (χ1n) is 8.59. The van der Waals surface area contributed by atoms with Crippen molar-refractivity contribution in [2.45, 2.75) is 51.7 Å². The van der Waals surface area contributed by atoms with Crippen molar-refractivity contribution in [2.24, 2.45) is 0 Å². The number of esters is 1. The van der Waals surface area contributed by atoms with E-state index in [1.807, 2.05) is 6.92 Å². The number of rotatable bonds is 3. The molecule has 2 unspecified atom stereocenters. The second-order valence-corrected chi connectivity index (χ2v) is 6.89. The van der Waals surface area contributed by atoms with Gasteiger partial charge in [0.15, 0.2) is 0 Å². The maximum atomic E-state index is 12.1. The summed E-state index contributed by atoms with van der Waals surface area (Å²) < 4.78 is 7.41. The van der Waals surface area contributed by atoms with Crippen LogP contribution in [0.5, 0.6) is 0 Å². The van der Waals surface area contributed by atoms with Crippen LogP contribution in [-0.2, 0) is 22.5 Å². The molecule has 2 bridgehead atoms. The van der Waals surface area contributed by atoms with Crippen molar-refractivity contribution in [3.63, 3.8) is 0 Å². The Morgan fingerprint density at radius 1 is 1.35 bits per heavy atom. The number of fused-ring (bicyclic) bond motifs is 6. The Morgan fingerprint density at radius 2 is 2.17 bits per heavy atom. The van der Waals surface area contributed by atoms with Crippen LogP contribution in [0.4, 0.5) is 0 Å². The van der Waals surface area contributed by atoms with Crippen molar-refractivity contribution in [2.75, 3.05) is 13.7 Å². The van der Waals surface area contributed by atoms with Crippen molar-refractivity contribution < 1.29 is 9.53 Å². The van der Waals surface area contributed by atoms with Crippen LogP contribution < -0.4 is 0 Å². The van der Waals surface area contributed by atoms with Gasteiger partial charge in [0.25, 0.3) is 0 Å². The van der Waals surface area contributed by atoms with Crippen molar-refractivity contribution in [3.05, 3.63) is 35.0 Å². The summed E-state index contributed by atoms with van der Waals surface area (Å²) in [7, 11) is 2.25. The molecule has 0 radical (unpaired) electrons. The van der Waals surface area contributed by atoms with E-state index in [1.165, 1.54) is 40.6 Å². The Kier molecular flexibility index (Phi) is 3.45. The number of ether oxygens (including phenoxy) is 1. The molecule has 4 rings (SSSR count). The highest BCUT2D eigenvalue weighted by Gasteiger charge is 2.40. The van der Waals surface area contributed by atoms with Gasteiger partial charge in [-0.25, -0.2) is 0 Å². The summed E-state index contributed by atoms with van der Waals surface area (Å²) in [6.07, 6.45) is 3.51. The molecule has 2 aromatic rings. The number of hydrogen-bond donors (Lipinski definition) is 0. The summed E-state index contributed by atoms with van der Waals surface area (Å²) in [6, 6.07) is 7.69. The van der Waals surface area contributed by atoms with Gasteiger partial charge in [0.2, 0.25) is 0 Å². The molecular weight excluding hydrogens is 288 g/mol. The van der Waals surface area contributed by atoms with Gasteiger partial charge in [-0.15, -0.1) is 0 Å². The first kappa shape index (κ1) is 14.8. The number of carbonyl (C=O) groups is 1. The quantitative estimate of drug-likeness (QED) is 0.816. The second kappa shape index (κ2) is 5.38. The zero-order chi connectivity index (χ0) is 16.1. The molecule has 4 heteroatoms. The first-order chi connectivity index (χ1) is 11.1. The first-order valence-corrected chi connectivity index (χ1v) is 8.59. The molecule has 0 spiro atoms. The van der Waals surface area contributed by atoms with Crippen LogP contribution in [0.15, 0.2) is 18.2 Å². The Balaban J connectivity index is 1.90. The normalized spacial score (nSPS) is 23.3. The topological polar surface area (TPSA) is 34.5 Å². The van der Waals surface area contributed by atoms with Crippen molar-refractivity contribution in [3.8, 4) is 0 Å². The van der Waals surface area contributed by atoms with Gasteiger partial charge < -0.3 is 9.30 Å². The number of nitrogens with zero attached hydrogens (tertiary/aromatic N) is 2. The summed E-state index contributed by atoms with van der Waals surface area (Å²) in [5.74, 6) is -0.140. The Morgan fingerprint density at radius 3 is 2.96 bits per heavy atom. The van der Waals surface area contributed by atoms with Crippen molar-refractivity contribution in [1.82, 2.24) is 9.47 Å². The van der Waals surface area contributed by atoms with Crippen LogP contribution in [0.3, 0.4) is 0 Å². The van der Waals surface area contributed by atoms with E-state index < -0.39 is 0 Å². The maximum Gasteiger partial charge on any atom is 0.325 e. The van der Waals surface area contributed by atoms with E-state index >= 15 is 0 Å². The number of likely N-dealkylation sites (N-methyl/N-ethyl adjacent to an activating group) is 1. The van der Waals surface area contributed by atoms with Crippen LogP contribution in [0.25, 0.3) is 10.9 Å². The third kappa shape index (κ3) is 2.19. The lowest BCUT2D eigenvalue weighted by Gasteiger charge is -2.32. The van der Waals surface area contributed by atoms with Gasteiger partial charge in [-0.1, -0.05) is 11.6 Å². The molecule has 2 aliphatic rings. The van der Waals surface area contributed by atoms with Crippen LogP contribution in [0.2, 0.25) is 0 Å². The third-order valence-electron chi connectivity index (χ3n) is 5.57. The molecule has 4 nitrogen and oxygen atoms in total. The van der Waals surface area contributed by atoms with Gasteiger partial charge in [0.1, 0.15) is 6.54 Å². The lowest BCUT2D eigenvalue weighted by molar-refractivity contribution is -0.143. The van der Waals surface area contributed by atoms with Crippen LogP contribution in [0.1, 0.15) is 42.6 Å². The molecule has 0 N–H and O–H groups in total. The Bertz CT molecular complexity index is 777. The fourth-order valence-electron chi connectivity index (χ4n) is 4.48. The summed E-state index contributed by atoms with van der Waals surface area (Å²) in [5.41, 5.74) is 5.25. The SMILES string of the molecule is CCOC(=O)Cn1c2c(c3cc(C)ccc31)C1CCC(C2)N1C. The average Bonchev–Trinajstić information content (AvgIpc) is 2.91. The van der Waals surface area contributed by atoms with Crippen LogP contribution >= 0.6 is 0 Å². The monoisotopic (exact) mass is 312 g/mol. The molecule has 0 saturated carbocycles. The van der Waals surface area contributed by atoms with E-state index in [0.717, 1.165) is 6.42 Å². The fourth-order valence-corrected chi connectivity index (χ4v) is 4.48. The highest BCUT2D eigenvalue weighted by Crippen LogP contribution is 2.46. The summed E-state index contributed by atoms with van der Waals surface area (Å²) >= 11 is 0. The predicted octanol–water partition coefficient (Wildman–Crippen LogP) is 3.20. The van der Waals surface area contributed by atoms with Gasteiger partial charge in [0.05, 0.1) is 6.61 Å². The number of aromatic nitrogens is 1. The number of benzene rings is 1. The molecule has 122 valence electrons. The molecule has 2 atom stereocenters. The molecule has 23 heavy (non-hydrogen) atoms. The van der Waals surface area contributed by atoms with Crippen molar-refractivity contribution in [1.29, 1.82) is 0 Å². The minimum Gasteiger partial charge on any atom is -0.465 e. The van der Waals surface area contributed by atoms with E-state index in [2.05, 4.69) is 41.6 Å². The molecule has 1 aromatic carbocycles. The highest BCUT2D eigenvalue weighted by molar-refractivity contribution is 5.88. The van der Waals surface area contributed by atoms with Gasteiger partial charge >= 0.3 is 5.97 Å². The third-order valence-corrected chi connectivity index (χ3v) is 5.57. The van der Waals surface area contributed by atoms with Gasteiger partial charge in [-0.3, -0.25) is 9.69 Å². The zero-order valence-electron chi connectivity index (χ0n) is 14.1. The maximum absolute atomic E-state index is 12.1. The summed E-state index contributed by atoms with van der Waals surface area (Å²) in [5, 5.41) is 1.32. The largest absolute Gasteiger partial charge is 0.465 e. The molecule has 1 saturated heterocycles. The van der Waals surface area contributed by atoms with E-state index in [1.54, 1.807) is 0 Å². The van der Waals surface area contributed by atoms with Crippen LogP contribution in [0, 0.1) is 6.92 Å². The van der Waals surface area contributed by atoms with Gasteiger partial charge in [-0.2, -0.15) is 0 Å². The Hall–Kier alpha value is -1.81. The van der Waals surface area contributed by atoms with E-state index in [0.29, 0.717) is 25.2 Å². The highest BCUT2D eigenvalue weighted by atomic mass is 16.5. The predicted molar refractivity (Wildman–Crippen MR) is 90.5 cm³/mol. The fraction of sp³-hybridized carbons (Fsp3) is 0.526. The minimum atomic E-state index is -0.140. The number of aryl methyl sites for hydroxylation is 1. The number of carbonyl (C=O) groups excluding carboxylic acids is 1.